The van der Waals surface area contributed by atoms with Crippen molar-refractivity contribution in [2.24, 2.45) is 0 Å². The van der Waals surface area contributed by atoms with Crippen LogP contribution in [0.25, 0.3) is 5.69 Å². The predicted octanol–water partition coefficient (Wildman–Crippen LogP) is 3.64. The van der Waals surface area contributed by atoms with Gasteiger partial charge < -0.3 is 4.74 Å². The third kappa shape index (κ3) is 2.52. The van der Waals surface area contributed by atoms with E-state index >= 15 is 0 Å². The first-order valence-electron chi connectivity index (χ1n) is 5.61. The van der Waals surface area contributed by atoms with E-state index < -0.39 is 0 Å². The van der Waals surface area contributed by atoms with Gasteiger partial charge in [0.1, 0.15) is 11.6 Å². The first kappa shape index (κ1) is 13.4. The van der Waals surface area contributed by atoms with Crippen LogP contribution >= 0.6 is 27.5 Å². The lowest BCUT2D eigenvalue weighted by Gasteiger charge is -2.10. The molecule has 1 aromatic heterocycles. The van der Waals surface area contributed by atoms with Gasteiger partial charge in [-0.1, -0.05) is 6.92 Å². The molecule has 0 radical (unpaired) electrons. The molecule has 0 aliphatic heterocycles. The fourth-order valence-electron chi connectivity index (χ4n) is 1.72. The Morgan fingerprint density at radius 1 is 1.39 bits per heavy atom. The Hall–Kier alpha value is -1.07. The molecule has 1 heterocycles. The fourth-order valence-corrected chi connectivity index (χ4v) is 2.36. The van der Waals surface area contributed by atoms with Crippen molar-refractivity contribution in [1.29, 1.82) is 0 Å². The van der Waals surface area contributed by atoms with Crippen LogP contribution in [0.4, 0.5) is 0 Å². The van der Waals surface area contributed by atoms with Gasteiger partial charge in [-0.25, -0.2) is 0 Å². The molecule has 18 heavy (non-hydrogen) atoms. The molecule has 0 N–H and O–H groups in total. The molecule has 0 atom stereocenters. The van der Waals surface area contributed by atoms with Crippen molar-refractivity contribution in [2.45, 2.75) is 19.8 Å². The van der Waals surface area contributed by atoms with Crippen LogP contribution in [0.3, 0.4) is 0 Å². The number of ether oxygens (including phenoxy) is 1. The molecule has 0 saturated heterocycles. The van der Waals surface area contributed by atoms with Crippen LogP contribution in [0.5, 0.6) is 5.75 Å². The maximum atomic E-state index is 6.09. The molecular weight excluding hydrogens is 318 g/mol. The zero-order chi connectivity index (χ0) is 13.1. The van der Waals surface area contributed by atoms with E-state index in [0.29, 0.717) is 5.28 Å². The summed E-state index contributed by atoms with van der Waals surface area (Å²) in [5.74, 6) is 1.60. The number of nitrogens with zero attached hydrogens (tertiary/aromatic N) is 3. The lowest BCUT2D eigenvalue weighted by atomic mass is 10.2. The third-order valence-corrected chi connectivity index (χ3v) is 3.46. The second kappa shape index (κ2) is 5.71. The number of benzene rings is 1. The molecule has 2 aromatic rings. The molecular formula is C12H13BrClN3O. The van der Waals surface area contributed by atoms with Gasteiger partial charge in [0.15, 0.2) is 0 Å². The lowest BCUT2D eigenvalue weighted by Crippen LogP contribution is -2.02. The Morgan fingerprint density at radius 3 is 2.83 bits per heavy atom. The highest BCUT2D eigenvalue weighted by Gasteiger charge is 2.13. The Kier molecular flexibility index (Phi) is 4.24. The van der Waals surface area contributed by atoms with Gasteiger partial charge >= 0.3 is 0 Å². The summed E-state index contributed by atoms with van der Waals surface area (Å²) in [5, 5.41) is 8.37. The van der Waals surface area contributed by atoms with E-state index in [1.54, 1.807) is 7.11 Å². The summed E-state index contributed by atoms with van der Waals surface area (Å²) in [6, 6.07) is 5.76. The summed E-state index contributed by atoms with van der Waals surface area (Å²) >= 11 is 9.51. The topological polar surface area (TPSA) is 39.9 Å². The molecule has 96 valence electrons. The molecule has 0 saturated carbocycles. The molecule has 0 spiro atoms. The molecule has 0 amide bonds. The summed E-state index contributed by atoms with van der Waals surface area (Å²) in [6.45, 7) is 2.09. The van der Waals surface area contributed by atoms with Crippen molar-refractivity contribution in [2.75, 3.05) is 7.11 Å². The van der Waals surface area contributed by atoms with Gasteiger partial charge in [0.05, 0.1) is 17.3 Å². The largest absolute Gasteiger partial charge is 0.495 e. The molecule has 1 aromatic carbocycles. The Labute approximate surface area is 119 Å². The van der Waals surface area contributed by atoms with Crippen LogP contribution in [0.2, 0.25) is 5.28 Å². The maximum Gasteiger partial charge on any atom is 0.229 e. The van der Waals surface area contributed by atoms with Gasteiger partial charge in [-0.15, -0.1) is 10.2 Å². The van der Waals surface area contributed by atoms with E-state index in [-0.39, 0.29) is 0 Å². The minimum Gasteiger partial charge on any atom is -0.495 e. The average molecular weight is 331 g/mol. The van der Waals surface area contributed by atoms with E-state index in [2.05, 4.69) is 33.1 Å². The highest BCUT2D eigenvalue weighted by atomic mass is 79.9. The Bertz CT molecular complexity index is 556. The zero-order valence-electron chi connectivity index (χ0n) is 10.2. The number of aromatic nitrogens is 3. The minimum atomic E-state index is 0.364. The van der Waals surface area contributed by atoms with Gasteiger partial charge in [0.2, 0.25) is 5.28 Å². The van der Waals surface area contributed by atoms with Crippen LogP contribution < -0.4 is 4.74 Å². The number of halogens is 2. The predicted molar refractivity (Wildman–Crippen MR) is 74.6 cm³/mol. The molecule has 0 fully saturated rings. The van der Waals surface area contributed by atoms with E-state index in [9.17, 15) is 0 Å². The normalized spacial score (nSPS) is 10.7. The molecule has 0 unspecified atom stereocenters. The molecule has 6 heteroatoms. The van der Waals surface area contributed by atoms with E-state index in [4.69, 9.17) is 16.3 Å². The SMILES string of the molecule is CCCc1nnc(Cl)n1-c1ccc(Br)c(OC)c1. The molecule has 2 rings (SSSR count). The van der Waals surface area contributed by atoms with Crippen molar-refractivity contribution in [1.82, 2.24) is 14.8 Å². The maximum absolute atomic E-state index is 6.09. The fraction of sp³-hybridized carbons (Fsp3) is 0.333. The smallest absolute Gasteiger partial charge is 0.229 e. The average Bonchev–Trinajstić information content (AvgIpc) is 2.72. The number of hydrogen-bond donors (Lipinski definition) is 0. The van der Waals surface area contributed by atoms with Crippen molar-refractivity contribution < 1.29 is 4.74 Å². The summed E-state index contributed by atoms with van der Waals surface area (Å²) in [7, 11) is 1.63. The number of methoxy groups -OCH3 is 1. The van der Waals surface area contributed by atoms with Crippen molar-refractivity contribution in [3.8, 4) is 11.4 Å². The van der Waals surface area contributed by atoms with Crippen LogP contribution in [0.1, 0.15) is 19.2 Å². The zero-order valence-corrected chi connectivity index (χ0v) is 12.5. The monoisotopic (exact) mass is 329 g/mol. The minimum absolute atomic E-state index is 0.364. The summed E-state index contributed by atoms with van der Waals surface area (Å²) in [5.41, 5.74) is 0.897. The highest BCUT2D eigenvalue weighted by molar-refractivity contribution is 9.10. The lowest BCUT2D eigenvalue weighted by molar-refractivity contribution is 0.412. The number of hydrogen-bond acceptors (Lipinski definition) is 3. The highest BCUT2D eigenvalue weighted by Crippen LogP contribution is 2.29. The first-order valence-corrected chi connectivity index (χ1v) is 6.78. The van der Waals surface area contributed by atoms with Crippen molar-refractivity contribution in [3.05, 3.63) is 33.8 Å². The summed E-state index contributed by atoms with van der Waals surface area (Å²) in [6.07, 6.45) is 1.82. The number of aryl methyl sites for hydroxylation is 1. The van der Waals surface area contributed by atoms with Gasteiger partial charge in [0, 0.05) is 12.5 Å². The summed E-state index contributed by atoms with van der Waals surface area (Å²) < 4.78 is 8.01. The first-order chi connectivity index (χ1) is 8.67. The standard InChI is InChI=1S/C12H13BrClN3O/c1-3-4-11-15-16-12(14)17(11)8-5-6-9(13)10(7-8)18-2/h5-7H,3-4H2,1-2H3. The molecule has 0 bridgehead atoms. The third-order valence-electron chi connectivity index (χ3n) is 2.56. The second-order valence-corrected chi connectivity index (χ2v) is 4.98. The van der Waals surface area contributed by atoms with Crippen LogP contribution in [-0.2, 0) is 6.42 Å². The Morgan fingerprint density at radius 2 is 2.17 bits per heavy atom. The van der Waals surface area contributed by atoms with Gasteiger partial charge in [-0.3, -0.25) is 4.57 Å². The van der Waals surface area contributed by atoms with Crippen LogP contribution in [0, 0.1) is 0 Å². The van der Waals surface area contributed by atoms with Crippen molar-refractivity contribution >= 4 is 27.5 Å². The van der Waals surface area contributed by atoms with Crippen LogP contribution in [0.15, 0.2) is 22.7 Å². The van der Waals surface area contributed by atoms with E-state index in [1.165, 1.54) is 0 Å². The summed E-state index contributed by atoms with van der Waals surface area (Å²) in [4.78, 5) is 0. The van der Waals surface area contributed by atoms with E-state index in [1.807, 2.05) is 22.8 Å². The molecule has 0 aliphatic rings. The van der Waals surface area contributed by atoms with Gasteiger partial charge in [-0.05, 0) is 46.1 Å². The van der Waals surface area contributed by atoms with Crippen LogP contribution in [-0.4, -0.2) is 21.9 Å². The number of rotatable bonds is 4. The van der Waals surface area contributed by atoms with Gasteiger partial charge in [0.25, 0.3) is 0 Å². The molecule has 4 nitrogen and oxygen atoms in total. The van der Waals surface area contributed by atoms with Crippen molar-refractivity contribution in [3.63, 3.8) is 0 Å². The molecule has 0 aliphatic carbocycles. The second-order valence-electron chi connectivity index (χ2n) is 3.79. The quantitative estimate of drug-likeness (QED) is 0.859. The van der Waals surface area contributed by atoms with E-state index in [0.717, 1.165) is 34.6 Å². The Balaban J connectivity index is 2.51. The van der Waals surface area contributed by atoms with Gasteiger partial charge in [-0.2, -0.15) is 0 Å².